The zero-order valence-electron chi connectivity index (χ0n) is 16.6. The Morgan fingerprint density at radius 1 is 1.10 bits per heavy atom. The Labute approximate surface area is 177 Å². The highest BCUT2D eigenvalue weighted by atomic mass is 35.5. The van der Waals surface area contributed by atoms with Gasteiger partial charge in [0.1, 0.15) is 11.8 Å². The number of nitrogens with one attached hydrogen (secondary N) is 1. The maximum absolute atomic E-state index is 13.0. The van der Waals surface area contributed by atoms with Gasteiger partial charge >= 0.3 is 0 Å². The molecule has 0 unspecified atom stereocenters. The van der Waals surface area contributed by atoms with Crippen LogP contribution in [0.2, 0.25) is 5.02 Å². The van der Waals surface area contributed by atoms with Gasteiger partial charge < -0.3 is 15.0 Å². The van der Waals surface area contributed by atoms with Gasteiger partial charge in [-0.1, -0.05) is 54.8 Å². The molecule has 1 atom stereocenters. The molecule has 0 saturated heterocycles. The molecule has 0 aromatic heterocycles. The standard InChI is InChI=1S/C23H27ClN2O3/c1-17(23(28)25-20-9-5-6-10-20)26(15-18-7-3-2-4-8-18)22(27)16-29-21-13-11-19(24)12-14-21/h2-4,7-8,11-14,17,20H,5-6,9-10,15-16H2,1H3,(H,25,28)/t17-/m0/s1. The highest BCUT2D eigenvalue weighted by molar-refractivity contribution is 6.30. The smallest absolute Gasteiger partial charge is 0.261 e. The summed E-state index contributed by atoms with van der Waals surface area (Å²) >= 11 is 5.89. The minimum absolute atomic E-state index is 0.118. The highest BCUT2D eigenvalue weighted by Gasteiger charge is 2.28. The molecule has 2 aromatic rings. The van der Waals surface area contributed by atoms with Crippen molar-refractivity contribution in [3.8, 4) is 5.75 Å². The Morgan fingerprint density at radius 2 is 1.76 bits per heavy atom. The van der Waals surface area contributed by atoms with Crippen molar-refractivity contribution in [2.75, 3.05) is 6.61 Å². The second-order valence-electron chi connectivity index (χ2n) is 7.42. The fourth-order valence-corrected chi connectivity index (χ4v) is 3.64. The Balaban J connectivity index is 1.67. The van der Waals surface area contributed by atoms with Crippen molar-refractivity contribution in [3.63, 3.8) is 0 Å². The molecular formula is C23H27ClN2O3. The number of hydrogen-bond donors (Lipinski definition) is 1. The molecule has 29 heavy (non-hydrogen) atoms. The van der Waals surface area contributed by atoms with Gasteiger partial charge in [0.05, 0.1) is 0 Å². The molecule has 154 valence electrons. The van der Waals surface area contributed by atoms with Crippen molar-refractivity contribution in [1.29, 1.82) is 0 Å². The van der Waals surface area contributed by atoms with Crippen LogP contribution in [0.15, 0.2) is 54.6 Å². The monoisotopic (exact) mass is 414 g/mol. The zero-order valence-corrected chi connectivity index (χ0v) is 17.4. The average Bonchev–Trinajstić information content (AvgIpc) is 3.24. The topological polar surface area (TPSA) is 58.6 Å². The van der Waals surface area contributed by atoms with Crippen molar-refractivity contribution >= 4 is 23.4 Å². The van der Waals surface area contributed by atoms with Crippen LogP contribution in [0.1, 0.15) is 38.2 Å². The second-order valence-corrected chi connectivity index (χ2v) is 7.85. The lowest BCUT2D eigenvalue weighted by atomic mass is 10.1. The van der Waals surface area contributed by atoms with Crippen LogP contribution in [0.3, 0.4) is 0 Å². The van der Waals surface area contributed by atoms with Crippen LogP contribution in [0.5, 0.6) is 5.75 Å². The molecule has 5 nitrogen and oxygen atoms in total. The number of rotatable bonds is 8. The summed E-state index contributed by atoms with van der Waals surface area (Å²) in [5.74, 6) is 0.205. The lowest BCUT2D eigenvalue weighted by Crippen LogP contribution is -2.50. The van der Waals surface area contributed by atoms with Crippen LogP contribution in [0.4, 0.5) is 0 Å². The molecule has 0 bridgehead atoms. The summed E-state index contributed by atoms with van der Waals surface area (Å²) in [4.78, 5) is 27.3. The molecule has 0 aliphatic heterocycles. The maximum Gasteiger partial charge on any atom is 0.261 e. The van der Waals surface area contributed by atoms with Gasteiger partial charge in [-0.15, -0.1) is 0 Å². The van der Waals surface area contributed by atoms with Crippen molar-refractivity contribution in [3.05, 3.63) is 65.2 Å². The molecule has 1 aliphatic rings. The van der Waals surface area contributed by atoms with E-state index in [4.69, 9.17) is 16.3 Å². The molecular weight excluding hydrogens is 388 g/mol. The first-order valence-electron chi connectivity index (χ1n) is 10.0. The van der Waals surface area contributed by atoms with E-state index >= 15 is 0 Å². The molecule has 1 saturated carbocycles. The summed E-state index contributed by atoms with van der Waals surface area (Å²) in [5.41, 5.74) is 0.966. The Bertz CT molecular complexity index is 805. The van der Waals surface area contributed by atoms with E-state index in [2.05, 4.69) is 5.32 Å². The molecule has 1 fully saturated rings. The molecule has 2 amide bonds. The normalized spacial score (nSPS) is 15.0. The second kappa shape index (κ2) is 10.3. The van der Waals surface area contributed by atoms with Crippen molar-refractivity contribution in [2.45, 2.75) is 51.2 Å². The molecule has 0 heterocycles. The van der Waals surface area contributed by atoms with Crippen LogP contribution >= 0.6 is 11.6 Å². The summed E-state index contributed by atoms with van der Waals surface area (Å²) in [6.07, 6.45) is 4.29. The Hall–Kier alpha value is -2.53. The van der Waals surface area contributed by atoms with Crippen LogP contribution in [0.25, 0.3) is 0 Å². The van der Waals surface area contributed by atoms with Gasteiger partial charge in [-0.3, -0.25) is 9.59 Å². The summed E-state index contributed by atoms with van der Waals surface area (Å²) < 4.78 is 5.62. The van der Waals surface area contributed by atoms with Crippen molar-refractivity contribution < 1.29 is 14.3 Å². The lowest BCUT2D eigenvalue weighted by Gasteiger charge is -2.29. The van der Waals surface area contributed by atoms with Crippen molar-refractivity contribution in [1.82, 2.24) is 10.2 Å². The minimum Gasteiger partial charge on any atom is -0.484 e. The van der Waals surface area contributed by atoms with E-state index in [0.29, 0.717) is 17.3 Å². The van der Waals surface area contributed by atoms with E-state index < -0.39 is 6.04 Å². The van der Waals surface area contributed by atoms with Crippen LogP contribution in [-0.2, 0) is 16.1 Å². The third-order valence-electron chi connectivity index (χ3n) is 5.24. The SMILES string of the molecule is C[C@@H](C(=O)NC1CCCC1)N(Cc1ccccc1)C(=O)COc1ccc(Cl)cc1. The zero-order chi connectivity index (χ0) is 20.6. The number of halogens is 1. The number of benzene rings is 2. The molecule has 0 radical (unpaired) electrons. The van der Waals surface area contributed by atoms with Gasteiger partial charge in [0, 0.05) is 17.6 Å². The van der Waals surface area contributed by atoms with Gasteiger partial charge in [-0.05, 0) is 49.6 Å². The molecule has 1 aliphatic carbocycles. The van der Waals surface area contributed by atoms with Crippen LogP contribution in [0, 0.1) is 0 Å². The summed E-state index contributed by atoms with van der Waals surface area (Å²) in [6, 6.07) is 16.1. The van der Waals surface area contributed by atoms with Crippen LogP contribution < -0.4 is 10.1 Å². The van der Waals surface area contributed by atoms with Crippen molar-refractivity contribution in [2.24, 2.45) is 0 Å². The number of carbonyl (C=O) groups excluding carboxylic acids is 2. The van der Waals surface area contributed by atoms with Gasteiger partial charge in [0.25, 0.3) is 5.91 Å². The summed E-state index contributed by atoms with van der Waals surface area (Å²) in [5, 5.41) is 3.69. The lowest BCUT2D eigenvalue weighted by molar-refractivity contribution is -0.142. The fourth-order valence-electron chi connectivity index (χ4n) is 3.51. The van der Waals surface area contributed by atoms with E-state index in [0.717, 1.165) is 31.2 Å². The third kappa shape index (κ3) is 6.23. The minimum atomic E-state index is -0.586. The fraction of sp³-hybridized carbons (Fsp3) is 0.391. The summed E-state index contributed by atoms with van der Waals surface area (Å²) in [7, 11) is 0. The average molecular weight is 415 g/mol. The van der Waals surface area contributed by atoms with E-state index in [1.54, 1.807) is 36.1 Å². The molecule has 1 N–H and O–H groups in total. The Kier molecular flexibility index (Phi) is 7.53. The first-order chi connectivity index (χ1) is 14.0. The largest absolute Gasteiger partial charge is 0.484 e. The summed E-state index contributed by atoms with van der Waals surface area (Å²) in [6.45, 7) is 1.98. The van der Waals surface area contributed by atoms with Crippen LogP contribution in [-0.4, -0.2) is 35.4 Å². The van der Waals surface area contributed by atoms with Gasteiger partial charge in [-0.2, -0.15) is 0 Å². The van der Waals surface area contributed by atoms with Gasteiger partial charge in [-0.25, -0.2) is 0 Å². The maximum atomic E-state index is 13.0. The van der Waals surface area contributed by atoms with E-state index in [1.807, 2.05) is 30.3 Å². The quantitative estimate of drug-likeness (QED) is 0.704. The first kappa shape index (κ1) is 21.2. The Morgan fingerprint density at radius 3 is 2.41 bits per heavy atom. The van der Waals surface area contributed by atoms with E-state index in [1.165, 1.54) is 0 Å². The molecule has 2 aromatic carbocycles. The third-order valence-corrected chi connectivity index (χ3v) is 5.49. The number of carbonyl (C=O) groups is 2. The van der Waals surface area contributed by atoms with E-state index in [9.17, 15) is 9.59 Å². The molecule has 6 heteroatoms. The predicted octanol–water partition coefficient (Wildman–Crippen LogP) is 4.19. The first-order valence-corrected chi connectivity index (χ1v) is 10.4. The predicted molar refractivity (Wildman–Crippen MR) is 114 cm³/mol. The van der Waals surface area contributed by atoms with E-state index in [-0.39, 0.29) is 24.5 Å². The number of nitrogens with zero attached hydrogens (tertiary/aromatic N) is 1. The highest BCUT2D eigenvalue weighted by Crippen LogP contribution is 2.19. The van der Waals surface area contributed by atoms with Gasteiger partial charge in [0.15, 0.2) is 6.61 Å². The number of ether oxygens (including phenoxy) is 1. The number of hydrogen-bond acceptors (Lipinski definition) is 3. The van der Waals surface area contributed by atoms with Gasteiger partial charge in [0.2, 0.25) is 5.91 Å². The molecule has 0 spiro atoms. The molecule has 3 rings (SSSR count). The number of amides is 2.